The average molecular weight is 278 g/mol. The van der Waals surface area contributed by atoms with Crippen LogP contribution in [0.15, 0.2) is 36.4 Å². The van der Waals surface area contributed by atoms with Crippen LogP contribution in [0.4, 0.5) is 0 Å². The molecule has 0 aromatic heterocycles. The molecule has 0 bridgehead atoms. The standard InChI is InChI=1S/C21H26/c1-20(2,3)18-12-15-11-14-9-7-8-10-16(14)17(15)13-19(18)21(4,5)6/h7-10,12-13H,11H2,1-6H3. The molecule has 0 spiro atoms. The third-order valence-corrected chi connectivity index (χ3v) is 4.55. The minimum absolute atomic E-state index is 0.176. The van der Waals surface area contributed by atoms with Crippen LogP contribution in [0.25, 0.3) is 11.1 Å². The van der Waals surface area contributed by atoms with E-state index in [2.05, 4.69) is 77.9 Å². The van der Waals surface area contributed by atoms with Crippen molar-refractivity contribution in [2.75, 3.05) is 0 Å². The van der Waals surface area contributed by atoms with Gasteiger partial charge in [0.15, 0.2) is 0 Å². The maximum Gasteiger partial charge on any atom is -0.00133 e. The first kappa shape index (κ1) is 14.4. The lowest BCUT2D eigenvalue weighted by Gasteiger charge is -2.31. The van der Waals surface area contributed by atoms with Crippen LogP contribution in [0.5, 0.6) is 0 Å². The first-order chi connectivity index (χ1) is 9.68. The molecule has 0 unspecified atom stereocenters. The van der Waals surface area contributed by atoms with Crippen LogP contribution in [0.3, 0.4) is 0 Å². The molecule has 0 nitrogen and oxygen atoms in total. The maximum absolute atomic E-state index is 2.47. The van der Waals surface area contributed by atoms with Gasteiger partial charge in [-0.25, -0.2) is 0 Å². The van der Waals surface area contributed by atoms with Crippen molar-refractivity contribution in [2.45, 2.75) is 58.8 Å². The lowest BCUT2D eigenvalue weighted by atomic mass is 9.74. The summed E-state index contributed by atoms with van der Waals surface area (Å²) in [7, 11) is 0. The van der Waals surface area contributed by atoms with Crippen molar-refractivity contribution in [1.29, 1.82) is 0 Å². The van der Waals surface area contributed by atoms with Gasteiger partial charge >= 0.3 is 0 Å². The molecule has 0 fully saturated rings. The smallest absolute Gasteiger partial charge is 0.00133 e. The van der Waals surface area contributed by atoms with E-state index in [4.69, 9.17) is 0 Å². The molecule has 0 heterocycles. The van der Waals surface area contributed by atoms with Crippen LogP contribution in [0.1, 0.15) is 63.8 Å². The summed E-state index contributed by atoms with van der Waals surface area (Å²) in [6.45, 7) is 13.9. The first-order valence-corrected chi connectivity index (χ1v) is 7.94. The van der Waals surface area contributed by atoms with Crippen molar-refractivity contribution in [3.63, 3.8) is 0 Å². The summed E-state index contributed by atoms with van der Waals surface area (Å²) < 4.78 is 0. The van der Waals surface area contributed by atoms with Gasteiger partial charge in [-0.05, 0) is 50.6 Å². The summed E-state index contributed by atoms with van der Waals surface area (Å²) in [5.74, 6) is 0. The van der Waals surface area contributed by atoms with Crippen LogP contribution < -0.4 is 0 Å². The summed E-state index contributed by atoms with van der Waals surface area (Å²) in [5.41, 5.74) is 9.20. The highest BCUT2D eigenvalue weighted by Crippen LogP contribution is 2.43. The Bertz CT molecular complexity index is 691. The zero-order valence-corrected chi connectivity index (χ0v) is 14.2. The predicted molar refractivity (Wildman–Crippen MR) is 92.1 cm³/mol. The van der Waals surface area contributed by atoms with Crippen molar-refractivity contribution in [3.05, 3.63) is 58.7 Å². The highest BCUT2D eigenvalue weighted by Gasteiger charge is 2.29. The van der Waals surface area contributed by atoms with E-state index in [0.29, 0.717) is 0 Å². The molecule has 21 heavy (non-hydrogen) atoms. The Morgan fingerprint density at radius 2 is 1.24 bits per heavy atom. The molecular weight excluding hydrogens is 252 g/mol. The van der Waals surface area contributed by atoms with Gasteiger partial charge in [0.25, 0.3) is 0 Å². The first-order valence-electron chi connectivity index (χ1n) is 7.94. The van der Waals surface area contributed by atoms with Gasteiger partial charge in [0.05, 0.1) is 0 Å². The normalized spacial score (nSPS) is 14.0. The summed E-state index contributed by atoms with van der Waals surface area (Å²) in [4.78, 5) is 0. The fourth-order valence-electron chi connectivity index (χ4n) is 3.42. The SMILES string of the molecule is CC(C)(C)c1cc2c(cc1C(C)(C)C)-c1ccccc1C2. The highest BCUT2D eigenvalue weighted by molar-refractivity contribution is 5.78. The van der Waals surface area contributed by atoms with E-state index in [9.17, 15) is 0 Å². The molecule has 0 N–H and O–H groups in total. The lowest BCUT2D eigenvalue weighted by Crippen LogP contribution is -2.22. The minimum Gasteiger partial charge on any atom is -0.0619 e. The monoisotopic (exact) mass is 278 g/mol. The second kappa shape index (κ2) is 4.47. The average Bonchev–Trinajstić information content (AvgIpc) is 2.73. The molecule has 110 valence electrons. The van der Waals surface area contributed by atoms with E-state index in [-0.39, 0.29) is 10.8 Å². The molecule has 3 rings (SSSR count). The number of benzene rings is 2. The Morgan fingerprint density at radius 1 is 0.667 bits per heavy atom. The van der Waals surface area contributed by atoms with Gasteiger partial charge in [0.1, 0.15) is 0 Å². The number of rotatable bonds is 0. The summed E-state index contributed by atoms with van der Waals surface area (Å²) in [6.07, 6.45) is 1.08. The molecule has 0 saturated carbocycles. The Hall–Kier alpha value is -1.56. The van der Waals surface area contributed by atoms with Crippen LogP contribution in [0, 0.1) is 0 Å². The molecule has 0 heteroatoms. The zero-order chi connectivity index (χ0) is 15.4. The van der Waals surface area contributed by atoms with Crippen LogP contribution >= 0.6 is 0 Å². The molecule has 0 amide bonds. The van der Waals surface area contributed by atoms with Gasteiger partial charge in [0, 0.05) is 0 Å². The van der Waals surface area contributed by atoms with E-state index in [1.54, 1.807) is 0 Å². The van der Waals surface area contributed by atoms with E-state index < -0.39 is 0 Å². The second-order valence-electron chi connectivity index (χ2n) is 8.39. The maximum atomic E-state index is 2.47. The quantitative estimate of drug-likeness (QED) is 0.483. The number of hydrogen-bond acceptors (Lipinski definition) is 0. The minimum atomic E-state index is 0.176. The topological polar surface area (TPSA) is 0 Å². The van der Waals surface area contributed by atoms with Crippen molar-refractivity contribution in [2.24, 2.45) is 0 Å². The molecular formula is C21H26. The number of fused-ring (bicyclic) bond motifs is 3. The molecule has 1 aliphatic rings. The van der Waals surface area contributed by atoms with E-state index in [1.165, 1.54) is 33.4 Å². The summed E-state index contributed by atoms with van der Waals surface area (Å²) in [5, 5.41) is 0. The zero-order valence-electron chi connectivity index (χ0n) is 14.2. The molecule has 0 radical (unpaired) electrons. The third kappa shape index (κ3) is 2.41. The molecule has 0 saturated heterocycles. The molecule has 0 atom stereocenters. The van der Waals surface area contributed by atoms with E-state index in [0.717, 1.165) is 6.42 Å². The highest BCUT2D eigenvalue weighted by atomic mass is 14.3. The Morgan fingerprint density at radius 3 is 1.86 bits per heavy atom. The van der Waals surface area contributed by atoms with Crippen molar-refractivity contribution >= 4 is 0 Å². The van der Waals surface area contributed by atoms with Crippen molar-refractivity contribution in [3.8, 4) is 11.1 Å². The van der Waals surface area contributed by atoms with Crippen LogP contribution in [-0.2, 0) is 17.3 Å². The molecule has 2 aromatic carbocycles. The Balaban J connectivity index is 2.27. The third-order valence-electron chi connectivity index (χ3n) is 4.55. The van der Waals surface area contributed by atoms with Gasteiger partial charge in [-0.15, -0.1) is 0 Å². The van der Waals surface area contributed by atoms with E-state index >= 15 is 0 Å². The lowest BCUT2D eigenvalue weighted by molar-refractivity contribution is 0.530. The summed E-state index contributed by atoms with van der Waals surface area (Å²) >= 11 is 0. The second-order valence-corrected chi connectivity index (χ2v) is 8.39. The van der Waals surface area contributed by atoms with Gasteiger partial charge in [0.2, 0.25) is 0 Å². The van der Waals surface area contributed by atoms with Gasteiger partial charge < -0.3 is 0 Å². The van der Waals surface area contributed by atoms with Gasteiger partial charge in [-0.2, -0.15) is 0 Å². The molecule has 2 aromatic rings. The van der Waals surface area contributed by atoms with Crippen molar-refractivity contribution < 1.29 is 0 Å². The fourth-order valence-corrected chi connectivity index (χ4v) is 3.42. The summed E-state index contributed by atoms with van der Waals surface area (Å²) in [6, 6.07) is 13.8. The molecule has 1 aliphatic carbocycles. The molecule has 0 aliphatic heterocycles. The fraction of sp³-hybridized carbons (Fsp3) is 0.429. The van der Waals surface area contributed by atoms with Crippen LogP contribution in [-0.4, -0.2) is 0 Å². The predicted octanol–water partition coefficient (Wildman–Crippen LogP) is 5.85. The van der Waals surface area contributed by atoms with Gasteiger partial charge in [-0.1, -0.05) is 77.9 Å². The Labute approximate surface area is 129 Å². The largest absolute Gasteiger partial charge is 0.0619 e. The van der Waals surface area contributed by atoms with Crippen molar-refractivity contribution in [1.82, 2.24) is 0 Å². The number of hydrogen-bond donors (Lipinski definition) is 0. The Kier molecular flexibility index (Phi) is 3.06. The van der Waals surface area contributed by atoms with Gasteiger partial charge in [-0.3, -0.25) is 0 Å². The van der Waals surface area contributed by atoms with E-state index in [1.807, 2.05) is 0 Å². The van der Waals surface area contributed by atoms with Crippen LogP contribution in [0.2, 0.25) is 0 Å².